The standard InChI is InChI=1S/C13H16N2O2/c1-10(16)14-9-13(17)15-8-4-6-11-5-2-3-7-12(11)15/h2-3,5,7H,4,6,8-9H2,1H3,(H,14,16). The fourth-order valence-electron chi connectivity index (χ4n) is 2.09. The van der Waals surface area contributed by atoms with Gasteiger partial charge in [0.1, 0.15) is 0 Å². The van der Waals surface area contributed by atoms with Gasteiger partial charge in [-0.2, -0.15) is 0 Å². The highest BCUT2D eigenvalue weighted by molar-refractivity contribution is 5.97. The van der Waals surface area contributed by atoms with Crippen LogP contribution in [0.4, 0.5) is 5.69 Å². The van der Waals surface area contributed by atoms with Crippen LogP contribution in [-0.2, 0) is 16.0 Å². The molecule has 0 aliphatic carbocycles. The van der Waals surface area contributed by atoms with Crippen LogP contribution in [0.1, 0.15) is 18.9 Å². The smallest absolute Gasteiger partial charge is 0.246 e. The first kappa shape index (κ1) is 11.6. The van der Waals surface area contributed by atoms with E-state index in [1.165, 1.54) is 12.5 Å². The molecule has 0 spiro atoms. The van der Waals surface area contributed by atoms with Gasteiger partial charge in [-0.05, 0) is 24.5 Å². The highest BCUT2D eigenvalue weighted by Crippen LogP contribution is 2.26. The van der Waals surface area contributed by atoms with E-state index in [2.05, 4.69) is 5.32 Å². The van der Waals surface area contributed by atoms with Crippen molar-refractivity contribution < 1.29 is 9.59 Å². The number of hydrogen-bond acceptors (Lipinski definition) is 2. The van der Waals surface area contributed by atoms with Gasteiger partial charge in [-0.25, -0.2) is 0 Å². The summed E-state index contributed by atoms with van der Waals surface area (Å²) in [4.78, 5) is 24.5. The van der Waals surface area contributed by atoms with Crippen LogP contribution in [0.15, 0.2) is 24.3 Å². The molecule has 0 fully saturated rings. The molecule has 1 aromatic carbocycles. The second-order valence-corrected chi connectivity index (χ2v) is 4.19. The zero-order valence-electron chi connectivity index (χ0n) is 9.90. The molecule has 4 heteroatoms. The zero-order chi connectivity index (χ0) is 12.3. The molecular formula is C13H16N2O2. The van der Waals surface area contributed by atoms with Crippen molar-refractivity contribution >= 4 is 17.5 Å². The van der Waals surface area contributed by atoms with Crippen molar-refractivity contribution in [2.45, 2.75) is 19.8 Å². The zero-order valence-corrected chi connectivity index (χ0v) is 9.90. The van der Waals surface area contributed by atoms with Crippen LogP contribution in [0.3, 0.4) is 0 Å². The van der Waals surface area contributed by atoms with E-state index in [1.807, 2.05) is 24.3 Å². The largest absolute Gasteiger partial charge is 0.347 e. The minimum absolute atomic E-state index is 0.0487. The van der Waals surface area contributed by atoms with Crippen LogP contribution >= 0.6 is 0 Å². The summed E-state index contributed by atoms with van der Waals surface area (Å²) < 4.78 is 0. The third-order valence-corrected chi connectivity index (χ3v) is 2.90. The molecular weight excluding hydrogens is 216 g/mol. The van der Waals surface area contributed by atoms with E-state index in [-0.39, 0.29) is 18.4 Å². The van der Waals surface area contributed by atoms with Crippen LogP contribution < -0.4 is 10.2 Å². The van der Waals surface area contributed by atoms with Crippen molar-refractivity contribution in [3.63, 3.8) is 0 Å². The highest BCUT2D eigenvalue weighted by atomic mass is 16.2. The van der Waals surface area contributed by atoms with Gasteiger partial charge in [0.05, 0.1) is 6.54 Å². The van der Waals surface area contributed by atoms with Crippen molar-refractivity contribution in [2.75, 3.05) is 18.0 Å². The van der Waals surface area contributed by atoms with Crippen molar-refractivity contribution in [3.05, 3.63) is 29.8 Å². The number of rotatable bonds is 2. The Labute approximate surface area is 101 Å². The van der Waals surface area contributed by atoms with Crippen molar-refractivity contribution in [3.8, 4) is 0 Å². The second kappa shape index (κ2) is 4.99. The van der Waals surface area contributed by atoms with Crippen LogP contribution in [0.2, 0.25) is 0 Å². The Morgan fingerprint density at radius 1 is 1.35 bits per heavy atom. The number of fused-ring (bicyclic) bond motifs is 1. The minimum Gasteiger partial charge on any atom is -0.347 e. The van der Waals surface area contributed by atoms with Gasteiger partial charge in [0.15, 0.2) is 0 Å². The molecule has 90 valence electrons. The molecule has 0 unspecified atom stereocenters. The average molecular weight is 232 g/mol. The molecule has 0 saturated carbocycles. The van der Waals surface area contributed by atoms with Crippen LogP contribution in [0.5, 0.6) is 0 Å². The lowest BCUT2D eigenvalue weighted by Gasteiger charge is -2.29. The summed E-state index contributed by atoms with van der Waals surface area (Å²) in [5.41, 5.74) is 2.18. The Bertz CT molecular complexity index is 443. The summed E-state index contributed by atoms with van der Waals surface area (Å²) >= 11 is 0. The number of carbonyl (C=O) groups is 2. The first-order valence-electron chi connectivity index (χ1n) is 5.81. The molecule has 1 heterocycles. The van der Waals surface area contributed by atoms with Gasteiger partial charge in [0.2, 0.25) is 11.8 Å². The number of nitrogens with one attached hydrogen (secondary N) is 1. The third-order valence-electron chi connectivity index (χ3n) is 2.90. The first-order chi connectivity index (χ1) is 8.18. The van der Waals surface area contributed by atoms with E-state index in [1.54, 1.807) is 4.90 Å². The molecule has 1 aliphatic heterocycles. The molecule has 17 heavy (non-hydrogen) atoms. The van der Waals surface area contributed by atoms with Crippen LogP contribution in [0, 0.1) is 0 Å². The number of anilines is 1. The molecule has 1 aliphatic rings. The summed E-state index contributed by atoms with van der Waals surface area (Å²) in [6.07, 6.45) is 1.99. The molecule has 0 saturated heterocycles. The topological polar surface area (TPSA) is 49.4 Å². The molecule has 1 N–H and O–H groups in total. The van der Waals surface area contributed by atoms with Crippen LogP contribution in [-0.4, -0.2) is 24.9 Å². The number of amides is 2. The normalized spacial score (nSPS) is 14.1. The monoisotopic (exact) mass is 232 g/mol. The van der Waals surface area contributed by atoms with Gasteiger partial charge in [0, 0.05) is 19.2 Å². The maximum absolute atomic E-state index is 12.0. The summed E-state index contributed by atoms with van der Waals surface area (Å²) in [5, 5.41) is 2.54. The summed E-state index contributed by atoms with van der Waals surface area (Å²) in [7, 11) is 0. The Balaban J connectivity index is 2.12. The number of aryl methyl sites for hydroxylation is 1. The Kier molecular flexibility index (Phi) is 3.42. The van der Waals surface area contributed by atoms with Crippen molar-refractivity contribution in [1.82, 2.24) is 5.32 Å². The average Bonchev–Trinajstić information content (AvgIpc) is 2.35. The Hall–Kier alpha value is -1.84. The number of benzene rings is 1. The molecule has 1 aromatic rings. The molecule has 2 rings (SSSR count). The molecule has 2 amide bonds. The Morgan fingerprint density at radius 2 is 2.12 bits per heavy atom. The molecule has 0 atom stereocenters. The third kappa shape index (κ3) is 2.64. The van der Waals surface area contributed by atoms with E-state index in [9.17, 15) is 9.59 Å². The fraction of sp³-hybridized carbons (Fsp3) is 0.385. The highest BCUT2D eigenvalue weighted by Gasteiger charge is 2.21. The number of hydrogen-bond donors (Lipinski definition) is 1. The van der Waals surface area contributed by atoms with E-state index in [4.69, 9.17) is 0 Å². The van der Waals surface area contributed by atoms with Gasteiger partial charge in [0.25, 0.3) is 0 Å². The van der Waals surface area contributed by atoms with Gasteiger partial charge < -0.3 is 10.2 Å². The Morgan fingerprint density at radius 3 is 2.88 bits per heavy atom. The van der Waals surface area contributed by atoms with E-state index >= 15 is 0 Å². The summed E-state index contributed by atoms with van der Waals surface area (Å²) in [5.74, 6) is -0.226. The number of nitrogens with zero attached hydrogens (tertiary/aromatic N) is 1. The lowest BCUT2D eigenvalue weighted by Crippen LogP contribution is -2.42. The summed E-state index contributed by atoms with van der Waals surface area (Å²) in [6, 6.07) is 7.93. The lowest BCUT2D eigenvalue weighted by atomic mass is 10.0. The molecule has 4 nitrogen and oxygen atoms in total. The maximum atomic E-state index is 12.0. The quantitative estimate of drug-likeness (QED) is 0.830. The van der Waals surface area contributed by atoms with E-state index < -0.39 is 0 Å². The predicted molar refractivity (Wildman–Crippen MR) is 65.8 cm³/mol. The number of carbonyl (C=O) groups excluding carboxylic acids is 2. The first-order valence-corrected chi connectivity index (χ1v) is 5.81. The summed E-state index contributed by atoms with van der Waals surface area (Å²) in [6.45, 7) is 2.22. The van der Waals surface area contributed by atoms with Gasteiger partial charge >= 0.3 is 0 Å². The van der Waals surface area contributed by atoms with Gasteiger partial charge in [-0.3, -0.25) is 9.59 Å². The lowest BCUT2D eigenvalue weighted by molar-refractivity contribution is -0.123. The molecule has 0 radical (unpaired) electrons. The van der Waals surface area contributed by atoms with Crippen molar-refractivity contribution in [2.24, 2.45) is 0 Å². The van der Waals surface area contributed by atoms with E-state index in [0.29, 0.717) is 0 Å². The predicted octanol–water partition coefficient (Wildman–Crippen LogP) is 1.10. The maximum Gasteiger partial charge on any atom is 0.246 e. The number of para-hydroxylation sites is 1. The molecule has 0 bridgehead atoms. The second-order valence-electron chi connectivity index (χ2n) is 4.19. The minimum atomic E-state index is -0.177. The van der Waals surface area contributed by atoms with Gasteiger partial charge in [-0.15, -0.1) is 0 Å². The SMILES string of the molecule is CC(=O)NCC(=O)N1CCCc2ccccc21. The van der Waals surface area contributed by atoms with Gasteiger partial charge in [-0.1, -0.05) is 18.2 Å². The van der Waals surface area contributed by atoms with Crippen molar-refractivity contribution in [1.29, 1.82) is 0 Å². The molecule has 0 aromatic heterocycles. The fourth-order valence-corrected chi connectivity index (χ4v) is 2.09. The van der Waals surface area contributed by atoms with Crippen LogP contribution in [0.25, 0.3) is 0 Å². The van der Waals surface area contributed by atoms with E-state index in [0.717, 1.165) is 25.1 Å².